The smallest absolute Gasteiger partial charge is 0.279 e. The van der Waals surface area contributed by atoms with E-state index in [1.807, 2.05) is 24.3 Å². The molecule has 1 aliphatic rings. The van der Waals surface area contributed by atoms with E-state index >= 15 is 0 Å². The molecule has 0 spiro atoms. The first-order chi connectivity index (χ1) is 12.1. The number of hydrogen-bond donors (Lipinski definition) is 0. The molecular weight excluding hydrogens is 324 g/mol. The van der Waals surface area contributed by atoms with E-state index in [-0.39, 0.29) is 12.2 Å². The van der Waals surface area contributed by atoms with E-state index in [1.165, 1.54) is 14.2 Å². The molecule has 6 heteroatoms. The van der Waals surface area contributed by atoms with Crippen molar-refractivity contribution >= 4 is 5.78 Å². The van der Waals surface area contributed by atoms with Gasteiger partial charge in [0.1, 0.15) is 28.6 Å². The Morgan fingerprint density at radius 1 is 0.920 bits per heavy atom. The second kappa shape index (κ2) is 6.64. The van der Waals surface area contributed by atoms with Crippen molar-refractivity contribution < 1.29 is 28.5 Å². The van der Waals surface area contributed by atoms with Crippen LogP contribution in [0.2, 0.25) is 0 Å². The van der Waals surface area contributed by atoms with Crippen LogP contribution in [0.5, 0.6) is 23.0 Å². The van der Waals surface area contributed by atoms with E-state index in [4.69, 9.17) is 23.7 Å². The van der Waals surface area contributed by atoms with Crippen molar-refractivity contribution in [1.82, 2.24) is 0 Å². The fraction of sp³-hybridized carbons (Fsp3) is 0.316. The highest BCUT2D eigenvalue weighted by Gasteiger charge is 2.50. The second-order valence-electron chi connectivity index (χ2n) is 5.62. The zero-order valence-electron chi connectivity index (χ0n) is 14.6. The van der Waals surface area contributed by atoms with Crippen molar-refractivity contribution in [2.75, 3.05) is 28.4 Å². The van der Waals surface area contributed by atoms with E-state index in [9.17, 15) is 4.79 Å². The molecule has 0 saturated carbocycles. The van der Waals surface area contributed by atoms with Crippen LogP contribution < -0.4 is 18.9 Å². The first-order valence-electron chi connectivity index (χ1n) is 7.75. The van der Waals surface area contributed by atoms with Crippen LogP contribution in [0.4, 0.5) is 0 Å². The van der Waals surface area contributed by atoms with Crippen LogP contribution in [0.3, 0.4) is 0 Å². The maximum Gasteiger partial charge on any atom is 0.279 e. The lowest BCUT2D eigenvalue weighted by Gasteiger charge is -2.25. The van der Waals surface area contributed by atoms with Gasteiger partial charge in [0.25, 0.3) is 5.79 Å². The van der Waals surface area contributed by atoms with Crippen molar-refractivity contribution in [3.8, 4) is 23.0 Å². The summed E-state index contributed by atoms with van der Waals surface area (Å²) in [6.45, 7) is 0. The Hall–Kier alpha value is -2.73. The zero-order chi connectivity index (χ0) is 18.0. The summed E-state index contributed by atoms with van der Waals surface area (Å²) in [6, 6.07) is 10.7. The minimum absolute atomic E-state index is 0.256. The van der Waals surface area contributed by atoms with E-state index in [0.29, 0.717) is 22.8 Å². The molecule has 25 heavy (non-hydrogen) atoms. The summed E-state index contributed by atoms with van der Waals surface area (Å²) < 4.78 is 27.2. The van der Waals surface area contributed by atoms with Gasteiger partial charge in [-0.2, -0.15) is 0 Å². The molecule has 0 unspecified atom stereocenters. The molecule has 1 atom stereocenters. The highest BCUT2D eigenvalue weighted by Crippen LogP contribution is 2.44. The molecular formula is C19H20O6. The molecule has 1 heterocycles. The molecule has 3 rings (SSSR count). The first-order valence-corrected chi connectivity index (χ1v) is 7.75. The fourth-order valence-corrected chi connectivity index (χ4v) is 2.90. The van der Waals surface area contributed by atoms with Gasteiger partial charge in [0.2, 0.25) is 5.78 Å². The predicted octanol–water partition coefficient (Wildman–Crippen LogP) is 2.87. The number of carbonyl (C=O) groups is 1. The van der Waals surface area contributed by atoms with E-state index in [2.05, 4.69) is 0 Å². The van der Waals surface area contributed by atoms with Gasteiger partial charge in [-0.3, -0.25) is 4.79 Å². The Morgan fingerprint density at radius 2 is 1.60 bits per heavy atom. The van der Waals surface area contributed by atoms with Crippen molar-refractivity contribution in [3.05, 3.63) is 47.5 Å². The third-order valence-electron chi connectivity index (χ3n) is 4.27. The molecule has 0 bridgehead atoms. The van der Waals surface area contributed by atoms with Crippen LogP contribution in [-0.2, 0) is 11.2 Å². The monoisotopic (exact) mass is 344 g/mol. The lowest BCUT2D eigenvalue weighted by molar-refractivity contribution is -0.117. The van der Waals surface area contributed by atoms with Gasteiger partial charge in [-0.1, -0.05) is 12.1 Å². The van der Waals surface area contributed by atoms with E-state index < -0.39 is 5.79 Å². The highest BCUT2D eigenvalue weighted by molar-refractivity contribution is 6.09. The van der Waals surface area contributed by atoms with Gasteiger partial charge >= 0.3 is 0 Å². The number of benzene rings is 2. The molecule has 0 aromatic heterocycles. The third-order valence-corrected chi connectivity index (χ3v) is 4.27. The topological polar surface area (TPSA) is 63.2 Å². The van der Waals surface area contributed by atoms with Crippen molar-refractivity contribution in [2.24, 2.45) is 0 Å². The van der Waals surface area contributed by atoms with Crippen LogP contribution in [0.15, 0.2) is 36.4 Å². The average Bonchev–Trinajstić information content (AvgIpc) is 2.93. The summed E-state index contributed by atoms with van der Waals surface area (Å²) >= 11 is 0. The van der Waals surface area contributed by atoms with Crippen LogP contribution >= 0.6 is 0 Å². The number of Topliss-reactive ketones (excluding diaryl/α,β-unsaturated/α-hetero) is 1. The predicted molar refractivity (Wildman–Crippen MR) is 90.9 cm³/mol. The van der Waals surface area contributed by atoms with Gasteiger partial charge < -0.3 is 23.7 Å². The number of rotatable bonds is 6. The number of ketones is 1. The standard InChI is InChI=1S/C19H20O6/c1-21-13-7-5-12(6-8-13)11-19(24-4)18(20)17-15(23-3)9-14(22-2)10-16(17)25-19/h5-10H,11H2,1-4H3/t19-/m1/s1. The minimum Gasteiger partial charge on any atom is -0.497 e. The molecule has 2 aromatic carbocycles. The Morgan fingerprint density at radius 3 is 2.16 bits per heavy atom. The molecule has 0 aliphatic carbocycles. The van der Waals surface area contributed by atoms with Crippen LogP contribution in [-0.4, -0.2) is 40.0 Å². The van der Waals surface area contributed by atoms with E-state index in [0.717, 1.165) is 11.3 Å². The average molecular weight is 344 g/mol. The summed E-state index contributed by atoms with van der Waals surface area (Å²) in [5, 5.41) is 0. The molecule has 0 saturated heterocycles. The van der Waals surface area contributed by atoms with Gasteiger partial charge in [0, 0.05) is 25.7 Å². The summed E-state index contributed by atoms with van der Waals surface area (Å²) in [6.07, 6.45) is 0.256. The number of hydrogen-bond acceptors (Lipinski definition) is 6. The molecule has 0 fully saturated rings. The summed E-state index contributed by atoms with van der Waals surface area (Å²) in [4.78, 5) is 13.1. The SMILES string of the molecule is COc1ccc(C[C@@]2(OC)Oc3cc(OC)cc(OC)c3C2=O)cc1. The van der Waals surface area contributed by atoms with Crippen molar-refractivity contribution in [2.45, 2.75) is 12.2 Å². The highest BCUT2D eigenvalue weighted by atomic mass is 16.7. The summed E-state index contributed by atoms with van der Waals surface area (Å²) in [5.41, 5.74) is 1.24. The molecule has 2 aromatic rings. The molecule has 6 nitrogen and oxygen atoms in total. The Balaban J connectivity index is 1.98. The van der Waals surface area contributed by atoms with E-state index in [1.54, 1.807) is 26.4 Å². The molecule has 0 amide bonds. The minimum atomic E-state index is -1.43. The zero-order valence-corrected chi connectivity index (χ0v) is 14.6. The van der Waals surface area contributed by atoms with Gasteiger partial charge in [-0.25, -0.2) is 0 Å². The largest absolute Gasteiger partial charge is 0.497 e. The summed E-state index contributed by atoms with van der Waals surface area (Å²) in [7, 11) is 6.10. The van der Waals surface area contributed by atoms with Crippen LogP contribution in [0, 0.1) is 0 Å². The Bertz CT molecular complexity index is 783. The number of fused-ring (bicyclic) bond motifs is 1. The van der Waals surface area contributed by atoms with Gasteiger partial charge in [-0.05, 0) is 17.7 Å². The number of methoxy groups -OCH3 is 4. The molecule has 132 valence electrons. The quantitative estimate of drug-likeness (QED) is 0.803. The normalized spacial score (nSPS) is 18.5. The lowest BCUT2D eigenvalue weighted by Crippen LogP contribution is -2.44. The van der Waals surface area contributed by atoms with Gasteiger partial charge in [0.15, 0.2) is 0 Å². The third kappa shape index (κ3) is 2.89. The van der Waals surface area contributed by atoms with Crippen LogP contribution in [0.25, 0.3) is 0 Å². The lowest BCUT2D eigenvalue weighted by atomic mass is 9.98. The summed E-state index contributed by atoms with van der Waals surface area (Å²) in [5.74, 6) is 0.351. The Labute approximate surface area is 146 Å². The van der Waals surface area contributed by atoms with Crippen molar-refractivity contribution in [3.63, 3.8) is 0 Å². The van der Waals surface area contributed by atoms with Crippen LogP contribution in [0.1, 0.15) is 15.9 Å². The van der Waals surface area contributed by atoms with Crippen molar-refractivity contribution in [1.29, 1.82) is 0 Å². The number of ether oxygens (including phenoxy) is 5. The Kier molecular flexibility index (Phi) is 4.55. The fourth-order valence-electron chi connectivity index (χ4n) is 2.90. The number of carbonyl (C=O) groups excluding carboxylic acids is 1. The maximum absolute atomic E-state index is 13.1. The second-order valence-corrected chi connectivity index (χ2v) is 5.62. The molecule has 1 aliphatic heterocycles. The maximum atomic E-state index is 13.1. The first kappa shape index (κ1) is 17.1. The van der Waals surface area contributed by atoms with Gasteiger partial charge in [0.05, 0.1) is 21.3 Å². The van der Waals surface area contributed by atoms with Gasteiger partial charge in [-0.15, -0.1) is 0 Å². The molecule has 0 N–H and O–H groups in total. The molecule has 0 radical (unpaired) electrons.